The van der Waals surface area contributed by atoms with Crippen molar-refractivity contribution in [3.63, 3.8) is 0 Å². The summed E-state index contributed by atoms with van der Waals surface area (Å²) in [4.78, 5) is 38.2. The van der Waals surface area contributed by atoms with Gasteiger partial charge in [-0.25, -0.2) is 0 Å². The van der Waals surface area contributed by atoms with E-state index in [9.17, 15) is 23.2 Å². The molecule has 2 aromatic carbocycles. The van der Waals surface area contributed by atoms with E-state index >= 15 is 0 Å². The molecule has 0 spiro atoms. The van der Waals surface area contributed by atoms with Gasteiger partial charge in [0, 0.05) is 29.2 Å². The Morgan fingerprint density at radius 1 is 0.886 bits per heavy atom. The zero-order valence-corrected chi connectivity index (χ0v) is 19.2. The first-order valence-electron chi connectivity index (χ1n) is 10.9. The Balaban J connectivity index is 1.35. The third-order valence-electron chi connectivity index (χ3n) is 5.71. The van der Waals surface area contributed by atoms with E-state index in [0.29, 0.717) is 36.5 Å². The smallest absolute Gasteiger partial charge is 0.395 e. The van der Waals surface area contributed by atoms with E-state index in [1.807, 2.05) is 0 Å². The number of hydrogen-bond donors (Lipinski definition) is 4. The molecule has 2 heterocycles. The molecule has 0 atom stereocenters. The maximum Gasteiger partial charge on any atom is 0.586 e. The van der Waals surface area contributed by atoms with Crippen molar-refractivity contribution < 1.29 is 32.6 Å². The van der Waals surface area contributed by atoms with Crippen LogP contribution in [0, 0.1) is 0 Å². The molecule has 0 aliphatic carbocycles. The molecule has 2 aliphatic rings. The largest absolute Gasteiger partial charge is 0.586 e. The molecule has 12 heteroatoms. The minimum atomic E-state index is -3.80. The van der Waals surface area contributed by atoms with E-state index in [1.165, 1.54) is 12.1 Å². The van der Waals surface area contributed by atoms with Gasteiger partial charge in [-0.2, -0.15) is 0 Å². The summed E-state index contributed by atoms with van der Waals surface area (Å²) in [6, 6.07) is 10.1. The van der Waals surface area contributed by atoms with E-state index in [2.05, 4.69) is 30.7 Å². The zero-order chi connectivity index (χ0) is 25.1. The molecule has 2 aliphatic heterocycles. The molecule has 186 valence electrons. The highest BCUT2D eigenvalue weighted by Gasteiger charge is 2.44. The standard InChI is InChI=1S/C23H23ClF2N4O5/c24-16-4-1-14(2-5-16)19(31)28-11-12-29-21(33)22(7-9-27-10-8-22)30-20(32)15-3-6-17-18(13-15)35-23(25,26)34-17/h1-6,13,27H,7-12H2,(H,28,31)(H,29,33)(H,30,32). The van der Waals surface area contributed by atoms with Crippen LogP contribution < -0.4 is 30.7 Å². The second-order valence-electron chi connectivity index (χ2n) is 8.13. The first kappa shape index (κ1) is 24.7. The summed E-state index contributed by atoms with van der Waals surface area (Å²) in [7, 11) is 0. The van der Waals surface area contributed by atoms with Gasteiger partial charge in [-0.3, -0.25) is 14.4 Å². The van der Waals surface area contributed by atoms with Crippen molar-refractivity contribution in [3.05, 3.63) is 58.6 Å². The van der Waals surface area contributed by atoms with Crippen molar-refractivity contribution in [3.8, 4) is 11.5 Å². The first-order valence-corrected chi connectivity index (χ1v) is 11.3. The molecular formula is C23H23ClF2N4O5. The number of ether oxygens (including phenoxy) is 2. The van der Waals surface area contributed by atoms with Crippen LogP contribution in [0.2, 0.25) is 5.02 Å². The average Bonchev–Trinajstić information content (AvgIpc) is 3.15. The van der Waals surface area contributed by atoms with Crippen LogP contribution in [0.1, 0.15) is 33.6 Å². The minimum absolute atomic E-state index is 0.0472. The van der Waals surface area contributed by atoms with Gasteiger partial charge in [0.2, 0.25) is 5.91 Å². The van der Waals surface area contributed by atoms with Gasteiger partial charge in [-0.15, -0.1) is 8.78 Å². The number of alkyl halides is 2. The molecule has 0 radical (unpaired) electrons. The monoisotopic (exact) mass is 508 g/mol. The Morgan fingerprint density at radius 3 is 2.23 bits per heavy atom. The lowest BCUT2D eigenvalue weighted by atomic mass is 9.86. The molecule has 9 nitrogen and oxygen atoms in total. The number of carbonyl (C=O) groups is 3. The van der Waals surface area contributed by atoms with Crippen molar-refractivity contribution in [1.29, 1.82) is 0 Å². The van der Waals surface area contributed by atoms with Crippen LogP contribution in [0.3, 0.4) is 0 Å². The summed E-state index contributed by atoms with van der Waals surface area (Å²) in [6.45, 7) is 1.30. The fraction of sp³-hybridized carbons (Fsp3) is 0.348. The van der Waals surface area contributed by atoms with Gasteiger partial charge in [0.05, 0.1) is 0 Å². The predicted octanol–water partition coefficient (Wildman–Crippen LogP) is 2.06. The fourth-order valence-electron chi connectivity index (χ4n) is 3.87. The third-order valence-corrected chi connectivity index (χ3v) is 5.96. The van der Waals surface area contributed by atoms with Crippen LogP contribution in [-0.2, 0) is 4.79 Å². The molecule has 0 unspecified atom stereocenters. The highest BCUT2D eigenvalue weighted by Crippen LogP contribution is 2.41. The summed E-state index contributed by atoms with van der Waals surface area (Å²) >= 11 is 5.82. The molecule has 4 rings (SSSR count). The van der Waals surface area contributed by atoms with Crippen molar-refractivity contribution in [2.45, 2.75) is 24.7 Å². The molecule has 0 aromatic heterocycles. The second-order valence-corrected chi connectivity index (χ2v) is 8.57. The molecule has 1 saturated heterocycles. The number of rotatable bonds is 7. The van der Waals surface area contributed by atoms with Gasteiger partial charge < -0.3 is 30.7 Å². The number of fused-ring (bicyclic) bond motifs is 1. The number of piperidine rings is 1. The molecule has 2 aromatic rings. The molecule has 0 saturated carbocycles. The van der Waals surface area contributed by atoms with Crippen LogP contribution in [0.4, 0.5) is 8.78 Å². The summed E-state index contributed by atoms with van der Waals surface area (Å²) in [5, 5.41) is 11.9. The maximum absolute atomic E-state index is 13.3. The van der Waals surface area contributed by atoms with Gasteiger partial charge in [-0.1, -0.05) is 11.6 Å². The Labute approximate surface area is 204 Å². The van der Waals surface area contributed by atoms with E-state index in [4.69, 9.17) is 11.6 Å². The highest BCUT2D eigenvalue weighted by atomic mass is 35.5. The highest BCUT2D eigenvalue weighted by molar-refractivity contribution is 6.30. The zero-order valence-electron chi connectivity index (χ0n) is 18.5. The van der Waals surface area contributed by atoms with Crippen LogP contribution in [0.25, 0.3) is 0 Å². The third kappa shape index (κ3) is 5.80. The van der Waals surface area contributed by atoms with Crippen LogP contribution in [0.15, 0.2) is 42.5 Å². The van der Waals surface area contributed by atoms with Crippen molar-refractivity contribution in [2.75, 3.05) is 26.2 Å². The number of carbonyl (C=O) groups excluding carboxylic acids is 3. The van der Waals surface area contributed by atoms with Crippen molar-refractivity contribution in [2.24, 2.45) is 0 Å². The summed E-state index contributed by atoms with van der Waals surface area (Å²) in [5.74, 6) is -1.77. The van der Waals surface area contributed by atoms with Crippen molar-refractivity contribution in [1.82, 2.24) is 21.3 Å². The number of nitrogens with one attached hydrogen (secondary N) is 4. The Morgan fingerprint density at radius 2 is 1.51 bits per heavy atom. The topological polar surface area (TPSA) is 118 Å². The number of hydrogen-bond acceptors (Lipinski definition) is 6. The SMILES string of the molecule is O=C(NCCNC(=O)C1(NC(=O)c2ccc3c(c2)OC(F)(F)O3)CCNCC1)c1ccc(Cl)cc1. The van der Waals surface area contributed by atoms with E-state index < -0.39 is 23.6 Å². The Bertz CT molecular complexity index is 1120. The van der Waals surface area contributed by atoms with E-state index in [0.717, 1.165) is 6.07 Å². The maximum atomic E-state index is 13.3. The van der Waals surface area contributed by atoms with E-state index in [-0.39, 0.29) is 36.1 Å². The Kier molecular flexibility index (Phi) is 7.08. The molecular weight excluding hydrogens is 486 g/mol. The summed E-state index contributed by atoms with van der Waals surface area (Å²) in [6.07, 6.45) is -3.15. The predicted molar refractivity (Wildman–Crippen MR) is 122 cm³/mol. The van der Waals surface area contributed by atoms with Crippen LogP contribution in [-0.4, -0.2) is 55.7 Å². The molecule has 1 fully saturated rings. The number of halogens is 3. The van der Waals surface area contributed by atoms with Gasteiger partial charge in [0.25, 0.3) is 11.8 Å². The Hall–Kier alpha value is -3.44. The lowest BCUT2D eigenvalue weighted by Gasteiger charge is -2.37. The quantitative estimate of drug-likeness (QED) is 0.425. The van der Waals surface area contributed by atoms with Crippen LogP contribution >= 0.6 is 11.6 Å². The minimum Gasteiger partial charge on any atom is -0.395 e. The first-order chi connectivity index (χ1) is 16.7. The molecule has 4 N–H and O–H groups in total. The fourth-order valence-corrected chi connectivity index (χ4v) is 3.99. The molecule has 0 bridgehead atoms. The average molecular weight is 509 g/mol. The van der Waals surface area contributed by atoms with Gasteiger partial charge in [0.1, 0.15) is 5.54 Å². The van der Waals surface area contributed by atoms with E-state index in [1.54, 1.807) is 24.3 Å². The lowest BCUT2D eigenvalue weighted by Crippen LogP contribution is -2.63. The van der Waals surface area contributed by atoms with Gasteiger partial charge >= 0.3 is 6.29 Å². The summed E-state index contributed by atoms with van der Waals surface area (Å²) in [5.41, 5.74) is -0.724. The lowest BCUT2D eigenvalue weighted by molar-refractivity contribution is -0.286. The van der Waals surface area contributed by atoms with Gasteiger partial charge in [0.15, 0.2) is 11.5 Å². The second kappa shape index (κ2) is 10.0. The van der Waals surface area contributed by atoms with Crippen LogP contribution in [0.5, 0.6) is 11.5 Å². The number of amides is 3. The van der Waals surface area contributed by atoms with Gasteiger partial charge in [-0.05, 0) is 68.4 Å². The molecule has 35 heavy (non-hydrogen) atoms. The normalized spacial score (nSPS) is 17.3. The molecule has 3 amide bonds. The number of benzene rings is 2. The van der Waals surface area contributed by atoms with Crippen molar-refractivity contribution >= 4 is 29.3 Å². The summed E-state index contributed by atoms with van der Waals surface area (Å²) < 4.78 is 35.3.